The zero-order chi connectivity index (χ0) is 20.1. The van der Waals surface area contributed by atoms with Gasteiger partial charge in [0.1, 0.15) is 11.3 Å². The third kappa shape index (κ3) is 2.71. The van der Waals surface area contributed by atoms with Crippen LogP contribution in [0.4, 0.5) is 5.69 Å². The Kier molecular flexibility index (Phi) is 3.90. The van der Waals surface area contributed by atoms with Crippen LogP contribution in [0.2, 0.25) is 0 Å². The minimum Gasteiger partial charge on any atom is -0.475 e. The minimum atomic E-state index is -0.656. The lowest BCUT2D eigenvalue weighted by Crippen LogP contribution is -2.36. The van der Waals surface area contributed by atoms with E-state index in [1.54, 1.807) is 0 Å². The Balaban J connectivity index is 1.49. The first-order valence-electron chi connectivity index (χ1n) is 10.5. The maximum absolute atomic E-state index is 6.64. The van der Waals surface area contributed by atoms with Gasteiger partial charge in [-0.15, -0.1) is 0 Å². The number of ether oxygens (including phenoxy) is 2. The number of rotatable bonds is 2. The van der Waals surface area contributed by atoms with Crippen molar-refractivity contribution in [3.05, 3.63) is 78.1 Å². The quantitative estimate of drug-likeness (QED) is 0.432. The van der Waals surface area contributed by atoms with Gasteiger partial charge in [0.15, 0.2) is 11.4 Å². The van der Waals surface area contributed by atoms with Gasteiger partial charge in [0.05, 0.1) is 13.2 Å². The van der Waals surface area contributed by atoms with Crippen LogP contribution >= 0.6 is 0 Å². The van der Waals surface area contributed by atoms with Gasteiger partial charge in [0.25, 0.3) is 0 Å². The normalized spacial score (nSPS) is 21.0. The molecule has 3 aromatic carbocycles. The molecule has 30 heavy (non-hydrogen) atoms. The molecule has 3 heterocycles. The zero-order valence-corrected chi connectivity index (χ0v) is 16.9. The summed E-state index contributed by atoms with van der Waals surface area (Å²) in [6.45, 7) is 5.35. The fourth-order valence-corrected chi connectivity index (χ4v) is 4.54. The van der Waals surface area contributed by atoms with Crippen molar-refractivity contribution in [2.75, 3.05) is 31.2 Å². The Hall–Kier alpha value is -3.24. The van der Waals surface area contributed by atoms with E-state index < -0.39 is 5.60 Å². The van der Waals surface area contributed by atoms with E-state index in [9.17, 15) is 0 Å². The second-order valence-corrected chi connectivity index (χ2v) is 8.14. The van der Waals surface area contributed by atoms with Crippen molar-refractivity contribution in [2.45, 2.75) is 12.5 Å². The molecule has 6 rings (SSSR count). The van der Waals surface area contributed by atoms with Gasteiger partial charge in [-0.05, 0) is 30.5 Å². The van der Waals surface area contributed by atoms with Gasteiger partial charge in [-0.3, -0.25) is 0 Å². The van der Waals surface area contributed by atoms with Crippen LogP contribution in [0.5, 0.6) is 5.75 Å². The van der Waals surface area contributed by atoms with E-state index in [0.717, 1.165) is 54.3 Å². The molecule has 1 atom stereocenters. The lowest BCUT2D eigenvalue weighted by Gasteiger charge is -2.34. The predicted molar refractivity (Wildman–Crippen MR) is 120 cm³/mol. The fourth-order valence-electron chi connectivity index (χ4n) is 4.54. The molecule has 1 aromatic heterocycles. The summed E-state index contributed by atoms with van der Waals surface area (Å²) in [5.74, 6) is 1.70. The summed E-state index contributed by atoms with van der Waals surface area (Å²) in [5.41, 5.74) is 2.55. The van der Waals surface area contributed by atoms with E-state index >= 15 is 0 Å². The second-order valence-electron chi connectivity index (χ2n) is 8.14. The Bertz CT molecular complexity index is 1250. The van der Waals surface area contributed by atoms with Gasteiger partial charge < -0.3 is 18.8 Å². The summed E-state index contributed by atoms with van der Waals surface area (Å²) >= 11 is 0. The number of nitrogens with zero attached hydrogens (tertiary/aromatic N) is 1. The minimum absolute atomic E-state index is 0.656. The zero-order valence-electron chi connectivity index (χ0n) is 16.9. The van der Waals surface area contributed by atoms with Gasteiger partial charge in [0, 0.05) is 41.2 Å². The molecule has 150 valence electrons. The van der Waals surface area contributed by atoms with Crippen molar-refractivity contribution in [2.24, 2.45) is 0 Å². The van der Waals surface area contributed by atoms with Crippen molar-refractivity contribution in [3.8, 4) is 5.75 Å². The molecular weight excluding hydrogens is 374 g/mol. The van der Waals surface area contributed by atoms with E-state index in [1.807, 2.05) is 18.2 Å². The molecule has 0 amide bonds. The fraction of sp³-hybridized carbons (Fsp3) is 0.231. The topological polar surface area (TPSA) is 34.8 Å². The van der Waals surface area contributed by atoms with Crippen LogP contribution in [-0.4, -0.2) is 26.3 Å². The van der Waals surface area contributed by atoms with E-state index in [-0.39, 0.29) is 0 Å². The number of morpholine rings is 1. The Labute approximate surface area is 175 Å². The van der Waals surface area contributed by atoms with Crippen LogP contribution < -0.4 is 9.64 Å². The molecule has 0 spiro atoms. The van der Waals surface area contributed by atoms with Crippen molar-refractivity contribution >= 4 is 33.5 Å². The Morgan fingerprint density at radius 3 is 2.50 bits per heavy atom. The second kappa shape index (κ2) is 6.64. The highest BCUT2D eigenvalue weighted by molar-refractivity contribution is 6.02. The number of anilines is 1. The van der Waals surface area contributed by atoms with Crippen LogP contribution in [0.1, 0.15) is 18.2 Å². The number of para-hydroxylation sites is 1. The molecule has 2 aliphatic rings. The van der Waals surface area contributed by atoms with E-state index in [1.165, 1.54) is 16.5 Å². The standard InChI is InChI=1S/C26H23NO3/c1-26(25-16-18-6-2-5-9-23(18)29-25)11-10-21-19-7-3-4-8-20(19)22(17-24(21)30-26)27-12-14-28-15-13-27/h2-11,16-17H,12-15H2,1H3. The van der Waals surface area contributed by atoms with Gasteiger partial charge in [-0.1, -0.05) is 48.5 Å². The lowest BCUT2D eigenvalue weighted by atomic mass is 9.93. The SMILES string of the molecule is CC1(c2cc3ccccc3o2)C=Cc2c(cc(N3CCOCC3)c3ccccc23)O1. The monoisotopic (exact) mass is 397 g/mol. The molecule has 4 nitrogen and oxygen atoms in total. The van der Waals surface area contributed by atoms with Crippen molar-refractivity contribution in [1.29, 1.82) is 0 Å². The van der Waals surface area contributed by atoms with Crippen molar-refractivity contribution in [1.82, 2.24) is 0 Å². The number of hydrogen-bond donors (Lipinski definition) is 0. The van der Waals surface area contributed by atoms with Crippen LogP contribution in [0.25, 0.3) is 27.8 Å². The predicted octanol–water partition coefficient (Wildman–Crippen LogP) is 5.74. The maximum atomic E-state index is 6.64. The molecule has 4 aromatic rings. The summed E-state index contributed by atoms with van der Waals surface area (Å²) < 4.78 is 18.4. The Morgan fingerprint density at radius 2 is 1.67 bits per heavy atom. The number of hydrogen-bond acceptors (Lipinski definition) is 4. The van der Waals surface area contributed by atoms with Crippen LogP contribution in [0.15, 0.2) is 71.2 Å². The number of fused-ring (bicyclic) bond motifs is 4. The molecule has 0 N–H and O–H groups in total. The van der Waals surface area contributed by atoms with Crippen LogP contribution in [-0.2, 0) is 10.3 Å². The summed E-state index contributed by atoms with van der Waals surface area (Å²) in [6.07, 6.45) is 4.28. The van der Waals surface area contributed by atoms with Gasteiger partial charge >= 0.3 is 0 Å². The molecule has 1 saturated heterocycles. The first-order valence-corrected chi connectivity index (χ1v) is 10.5. The first-order chi connectivity index (χ1) is 14.7. The maximum Gasteiger partial charge on any atom is 0.182 e. The van der Waals surface area contributed by atoms with Gasteiger partial charge in [-0.25, -0.2) is 0 Å². The van der Waals surface area contributed by atoms with E-state index in [0.29, 0.717) is 0 Å². The van der Waals surface area contributed by atoms with E-state index in [2.05, 4.69) is 66.4 Å². The highest BCUT2D eigenvalue weighted by Gasteiger charge is 2.34. The molecule has 0 saturated carbocycles. The summed E-state index contributed by atoms with van der Waals surface area (Å²) in [6, 6.07) is 20.9. The van der Waals surface area contributed by atoms with Crippen molar-refractivity contribution < 1.29 is 13.9 Å². The third-order valence-corrected chi connectivity index (χ3v) is 6.18. The van der Waals surface area contributed by atoms with Crippen molar-refractivity contribution in [3.63, 3.8) is 0 Å². The molecule has 0 bridgehead atoms. The number of furan rings is 1. The summed E-state index contributed by atoms with van der Waals surface area (Å²) in [5, 5.41) is 3.54. The van der Waals surface area contributed by atoms with E-state index in [4.69, 9.17) is 13.9 Å². The molecule has 1 fully saturated rings. The summed E-state index contributed by atoms with van der Waals surface area (Å²) in [4.78, 5) is 2.40. The van der Waals surface area contributed by atoms with Gasteiger partial charge in [-0.2, -0.15) is 0 Å². The average Bonchev–Trinajstić information content (AvgIpc) is 3.24. The third-order valence-electron chi connectivity index (χ3n) is 6.18. The smallest absolute Gasteiger partial charge is 0.182 e. The highest BCUT2D eigenvalue weighted by Crippen LogP contribution is 2.44. The summed E-state index contributed by atoms with van der Waals surface area (Å²) in [7, 11) is 0. The lowest BCUT2D eigenvalue weighted by molar-refractivity contribution is 0.113. The molecule has 4 heteroatoms. The average molecular weight is 397 g/mol. The molecule has 0 radical (unpaired) electrons. The molecule has 1 unspecified atom stereocenters. The largest absolute Gasteiger partial charge is 0.475 e. The van der Waals surface area contributed by atoms with Gasteiger partial charge in [0.2, 0.25) is 0 Å². The van der Waals surface area contributed by atoms with Crippen LogP contribution in [0.3, 0.4) is 0 Å². The molecule has 0 aliphatic carbocycles. The number of benzene rings is 3. The first kappa shape index (κ1) is 17.6. The molecular formula is C26H23NO3. The Morgan fingerprint density at radius 1 is 0.900 bits per heavy atom. The molecule has 2 aliphatic heterocycles. The van der Waals surface area contributed by atoms with Crippen LogP contribution in [0, 0.1) is 0 Å². The highest BCUT2D eigenvalue weighted by atomic mass is 16.5.